The maximum absolute atomic E-state index is 13.0. The number of aryl methyl sites for hydroxylation is 2. The molecular weight excluding hydrogens is 458 g/mol. The lowest BCUT2D eigenvalue weighted by atomic mass is 9.94. The molecule has 0 unspecified atom stereocenters. The van der Waals surface area contributed by atoms with Gasteiger partial charge in [-0.05, 0) is 79.8 Å². The molecule has 5 rings (SSSR count). The van der Waals surface area contributed by atoms with E-state index in [0.29, 0.717) is 6.61 Å². The molecule has 0 aliphatic carbocycles. The Morgan fingerprint density at radius 3 is 2.49 bits per heavy atom. The number of carbonyl (C=O) groups is 1. The normalized spacial score (nSPS) is 11.8. The van der Waals surface area contributed by atoms with Gasteiger partial charge < -0.3 is 14.5 Å². The third kappa shape index (κ3) is 4.51. The second kappa shape index (κ2) is 9.98. The molecule has 0 saturated heterocycles. The van der Waals surface area contributed by atoms with Crippen LogP contribution in [0, 0.1) is 20.8 Å². The minimum atomic E-state index is -0.173. The second-order valence-corrected chi connectivity index (χ2v) is 9.43. The molecule has 0 aliphatic rings. The second-order valence-electron chi connectivity index (χ2n) is 9.43. The van der Waals surface area contributed by atoms with Crippen LogP contribution in [0.5, 0.6) is 5.75 Å². The molecule has 4 heteroatoms. The topological polar surface area (TPSA) is 51.5 Å². The summed E-state index contributed by atoms with van der Waals surface area (Å²) < 4.78 is 12.2. The third-order valence-corrected chi connectivity index (χ3v) is 7.05. The summed E-state index contributed by atoms with van der Waals surface area (Å²) in [4.78, 5) is 13.0. The zero-order chi connectivity index (χ0) is 26.1. The molecule has 0 saturated carbocycles. The van der Waals surface area contributed by atoms with E-state index in [4.69, 9.17) is 9.15 Å². The molecule has 1 N–H and O–H groups in total. The third-order valence-electron chi connectivity index (χ3n) is 7.05. The van der Waals surface area contributed by atoms with Crippen molar-refractivity contribution in [3.05, 3.63) is 101 Å². The van der Waals surface area contributed by atoms with Gasteiger partial charge in [-0.2, -0.15) is 0 Å². The lowest BCUT2D eigenvalue weighted by Gasteiger charge is -2.15. The molecule has 37 heavy (non-hydrogen) atoms. The molecule has 0 radical (unpaired) electrons. The number of ether oxygens (including phenoxy) is 1. The molecular formula is C33H31NO3. The molecule has 0 bridgehead atoms. The molecule has 1 heterocycles. The number of benzene rings is 4. The Morgan fingerprint density at radius 2 is 1.68 bits per heavy atom. The summed E-state index contributed by atoms with van der Waals surface area (Å²) in [5, 5.41) is 6.37. The van der Waals surface area contributed by atoms with Crippen molar-refractivity contribution in [1.29, 1.82) is 0 Å². The fourth-order valence-electron chi connectivity index (χ4n) is 4.94. The van der Waals surface area contributed by atoms with Crippen molar-refractivity contribution in [3.8, 4) is 16.9 Å². The maximum atomic E-state index is 13.0. The number of amides is 1. The minimum absolute atomic E-state index is 0.173. The Morgan fingerprint density at radius 1 is 0.919 bits per heavy atom. The summed E-state index contributed by atoms with van der Waals surface area (Å²) in [6, 6.07) is 22.7. The van der Waals surface area contributed by atoms with Gasteiger partial charge in [0.2, 0.25) is 5.91 Å². The van der Waals surface area contributed by atoms with Gasteiger partial charge in [-0.3, -0.25) is 4.79 Å². The summed E-state index contributed by atoms with van der Waals surface area (Å²) >= 11 is 0. The molecule has 0 fully saturated rings. The van der Waals surface area contributed by atoms with Crippen LogP contribution in [0.3, 0.4) is 0 Å². The smallest absolute Gasteiger partial charge is 0.248 e. The zero-order valence-corrected chi connectivity index (χ0v) is 21.9. The Hall–Kier alpha value is -4.31. The summed E-state index contributed by atoms with van der Waals surface area (Å²) in [7, 11) is 0. The average molecular weight is 490 g/mol. The number of rotatable bonds is 6. The monoisotopic (exact) mass is 489 g/mol. The molecule has 0 spiro atoms. The van der Waals surface area contributed by atoms with Crippen LogP contribution in [0.2, 0.25) is 0 Å². The number of furan rings is 1. The number of carbonyl (C=O) groups excluding carboxylic acids is 1. The summed E-state index contributed by atoms with van der Waals surface area (Å²) in [6.45, 7) is 10.5. The van der Waals surface area contributed by atoms with Crippen molar-refractivity contribution >= 4 is 38.9 Å². The van der Waals surface area contributed by atoms with Crippen molar-refractivity contribution in [2.45, 2.75) is 34.6 Å². The molecule has 4 nitrogen and oxygen atoms in total. The number of hydrogen-bond acceptors (Lipinski definition) is 3. The molecule has 1 amide bonds. The van der Waals surface area contributed by atoms with Gasteiger partial charge in [0.25, 0.3) is 0 Å². The fraction of sp³-hybridized carbons (Fsp3) is 0.182. The number of anilines is 1. The predicted molar refractivity (Wildman–Crippen MR) is 153 cm³/mol. The van der Waals surface area contributed by atoms with Gasteiger partial charge >= 0.3 is 0 Å². The van der Waals surface area contributed by atoms with Gasteiger partial charge in [-0.15, -0.1) is 0 Å². The van der Waals surface area contributed by atoms with Gasteiger partial charge in [0.05, 0.1) is 12.9 Å². The van der Waals surface area contributed by atoms with E-state index in [2.05, 4.69) is 47.8 Å². The quantitative estimate of drug-likeness (QED) is 0.243. The van der Waals surface area contributed by atoms with E-state index < -0.39 is 0 Å². The highest BCUT2D eigenvalue weighted by atomic mass is 16.5. The summed E-state index contributed by atoms with van der Waals surface area (Å²) in [5.74, 6) is 0.565. The number of nitrogens with one attached hydrogen (secondary N) is 1. The summed E-state index contributed by atoms with van der Waals surface area (Å²) in [6.07, 6.45) is 3.47. The summed E-state index contributed by atoms with van der Waals surface area (Å²) in [5.41, 5.74) is 8.57. The van der Waals surface area contributed by atoms with Crippen LogP contribution in [0.1, 0.15) is 36.1 Å². The Kier molecular flexibility index (Phi) is 6.58. The first-order valence-electron chi connectivity index (χ1n) is 12.6. The average Bonchev–Trinajstić information content (AvgIpc) is 3.32. The van der Waals surface area contributed by atoms with E-state index in [9.17, 15) is 4.79 Å². The van der Waals surface area contributed by atoms with Gasteiger partial charge in [-0.1, -0.05) is 54.6 Å². The Bertz CT molecular complexity index is 1670. The highest BCUT2D eigenvalue weighted by molar-refractivity contribution is 6.08. The number of allylic oxidation sites excluding steroid dienone is 1. The van der Waals surface area contributed by atoms with Gasteiger partial charge in [0.1, 0.15) is 11.3 Å². The Labute approximate surface area is 217 Å². The van der Waals surface area contributed by atoms with Crippen LogP contribution >= 0.6 is 0 Å². The highest BCUT2D eigenvalue weighted by Crippen LogP contribution is 2.42. The van der Waals surface area contributed by atoms with Crippen LogP contribution < -0.4 is 10.1 Å². The first kappa shape index (κ1) is 24.4. The molecule has 4 aromatic carbocycles. The SMILES string of the molecule is CCOc1c(/C(C)=C/C(=O)Nc2cccc(C)c2C)cc2c(-c3cccc4ccccc34)coc2c1C. The van der Waals surface area contributed by atoms with Gasteiger partial charge in [0, 0.05) is 33.8 Å². The standard InChI is InChI=1S/C33H31NO3/c1-6-36-32-23(5)33-28(29(19-37-33)26-15-10-13-24-12-7-8-14-25(24)26)18-27(32)21(3)17-31(35)34-30-16-9-11-20(2)22(30)4/h7-19H,6H2,1-5H3,(H,34,35)/b21-17+. The lowest BCUT2D eigenvalue weighted by Crippen LogP contribution is -2.10. The van der Waals surface area contributed by atoms with Crippen LogP contribution in [-0.2, 0) is 4.79 Å². The first-order valence-corrected chi connectivity index (χ1v) is 12.6. The molecule has 186 valence electrons. The Balaban J connectivity index is 1.62. The van der Waals surface area contributed by atoms with E-state index in [1.54, 1.807) is 6.08 Å². The van der Waals surface area contributed by atoms with Crippen molar-refractivity contribution in [1.82, 2.24) is 0 Å². The predicted octanol–water partition coefficient (Wildman–Crippen LogP) is 8.62. The van der Waals surface area contributed by atoms with Crippen LogP contribution in [0.4, 0.5) is 5.69 Å². The van der Waals surface area contributed by atoms with E-state index in [0.717, 1.165) is 61.4 Å². The van der Waals surface area contributed by atoms with Crippen LogP contribution in [0.25, 0.3) is 38.4 Å². The highest BCUT2D eigenvalue weighted by Gasteiger charge is 2.20. The molecule has 0 atom stereocenters. The van der Waals surface area contributed by atoms with Crippen molar-refractivity contribution in [3.63, 3.8) is 0 Å². The van der Waals surface area contributed by atoms with Crippen molar-refractivity contribution in [2.24, 2.45) is 0 Å². The zero-order valence-electron chi connectivity index (χ0n) is 21.9. The van der Waals surface area contributed by atoms with Crippen LogP contribution in [-0.4, -0.2) is 12.5 Å². The minimum Gasteiger partial charge on any atom is -0.493 e. The van der Waals surface area contributed by atoms with E-state index in [1.807, 2.05) is 65.1 Å². The van der Waals surface area contributed by atoms with Crippen molar-refractivity contribution in [2.75, 3.05) is 11.9 Å². The van der Waals surface area contributed by atoms with Gasteiger partial charge in [-0.25, -0.2) is 0 Å². The first-order chi connectivity index (χ1) is 17.9. The van der Waals surface area contributed by atoms with E-state index in [-0.39, 0.29) is 5.91 Å². The maximum Gasteiger partial charge on any atom is 0.248 e. The molecule has 5 aromatic rings. The van der Waals surface area contributed by atoms with E-state index in [1.165, 1.54) is 10.8 Å². The van der Waals surface area contributed by atoms with E-state index >= 15 is 0 Å². The largest absolute Gasteiger partial charge is 0.493 e. The molecule has 1 aromatic heterocycles. The fourth-order valence-corrected chi connectivity index (χ4v) is 4.94. The lowest BCUT2D eigenvalue weighted by molar-refractivity contribution is -0.111. The van der Waals surface area contributed by atoms with Gasteiger partial charge in [0.15, 0.2) is 0 Å². The molecule has 0 aliphatic heterocycles. The number of fused-ring (bicyclic) bond motifs is 2. The van der Waals surface area contributed by atoms with Crippen LogP contribution in [0.15, 0.2) is 83.5 Å². The van der Waals surface area contributed by atoms with Crippen molar-refractivity contribution < 1.29 is 13.9 Å². The number of hydrogen-bond donors (Lipinski definition) is 1.